The molecule has 4 rings (SSSR count). The second kappa shape index (κ2) is 6.79. The van der Waals surface area contributed by atoms with E-state index in [9.17, 15) is 4.79 Å². The average Bonchev–Trinajstić information content (AvgIpc) is 3.14. The number of para-hydroxylation sites is 1. The highest BCUT2D eigenvalue weighted by atomic mass is 32.1. The maximum atomic E-state index is 12.9. The second-order valence-corrected chi connectivity index (χ2v) is 6.58. The fourth-order valence-corrected chi connectivity index (χ4v) is 3.52. The standard InChI is InChI=1S/C21H13N3OS/c22-13-15-10-11-26-21(15)24-20(25)17-12-19(14-6-2-1-3-7-14)23-18-9-5-4-8-16(17)18/h1-12H,(H,24,25). The van der Waals surface area contributed by atoms with Crippen LogP contribution in [0.2, 0.25) is 0 Å². The van der Waals surface area contributed by atoms with Crippen molar-refractivity contribution in [2.24, 2.45) is 0 Å². The molecule has 0 atom stereocenters. The van der Waals surface area contributed by atoms with Gasteiger partial charge in [0.05, 0.1) is 22.3 Å². The topological polar surface area (TPSA) is 65.8 Å². The van der Waals surface area contributed by atoms with Crippen molar-refractivity contribution in [3.05, 3.63) is 83.2 Å². The lowest BCUT2D eigenvalue weighted by molar-refractivity contribution is 0.102. The lowest BCUT2D eigenvalue weighted by Gasteiger charge is -2.10. The number of hydrogen-bond acceptors (Lipinski definition) is 4. The van der Waals surface area contributed by atoms with Gasteiger partial charge in [0, 0.05) is 10.9 Å². The summed E-state index contributed by atoms with van der Waals surface area (Å²) in [7, 11) is 0. The number of nitrogens with one attached hydrogen (secondary N) is 1. The Morgan fingerprint density at radius 3 is 2.62 bits per heavy atom. The van der Waals surface area contributed by atoms with Crippen molar-refractivity contribution in [1.82, 2.24) is 4.98 Å². The van der Waals surface area contributed by atoms with Crippen LogP contribution >= 0.6 is 11.3 Å². The molecule has 4 aromatic rings. The summed E-state index contributed by atoms with van der Waals surface area (Å²) in [6, 6.07) is 22.9. The molecule has 0 unspecified atom stereocenters. The minimum absolute atomic E-state index is 0.250. The van der Waals surface area contributed by atoms with Crippen molar-refractivity contribution in [2.45, 2.75) is 0 Å². The van der Waals surface area contributed by atoms with Gasteiger partial charge >= 0.3 is 0 Å². The van der Waals surface area contributed by atoms with Crippen LogP contribution in [0.4, 0.5) is 5.00 Å². The van der Waals surface area contributed by atoms with Crippen LogP contribution in [0.1, 0.15) is 15.9 Å². The zero-order valence-electron chi connectivity index (χ0n) is 13.6. The highest BCUT2D eigenvalue weighted by molar-refractivity contribution is 7.14. The smallest absolute Gasteiger partial charge is 0.257 e. The number of fused-ring (bicyclic) bond motifs is 1. The first-order valence-electron chi connectivity index (χ1n) is 8.00. The molecule has 124 valence electrons. The summed E-state index contributed by atoms with van der Waals surface area (Å²) < 4.78 is 0. The predicted octanol–water partition coefficient (Wildman–Crippen LogP) is 5.09. The summed E-state index contributed by atoms with van der Waals surface area (Å²) >= 11 is 1.33. The van der Waals surface area contributed by atoms with Crippen molar-refractivity contribution < 1.29 is 4.79 Å². The molecule has 0 aliphatic carbocycles. The lowest BCUT2D eigenvalue weighted by atomic mass is 10.0. The van der Waals surface area contributed by atoms with Gasteiger partial charge in [-0.3, -0.25) is 4.79 Å². The number of benzene rings is 2. The zero-order chi connectivity index (χ0) is 17.9. The van der Waals surface area contributed by atoms with Gasteiger partial charge in [0.2, 0.25) is 0 Å². The minimum atomic E-state index is -0.250. The van der Waals surface area contributed by atoms with Gasteiger partial charge in [-0.1, -0.05) is 48.5 Å². The Kier molecular flexibility index (Phi) is 4.18. The largest absolute Gasteiger partial charge is 0.312 e. The number of hydrogen-bond donors (Lipinski definition) is 1. The Bertz CT molecular complexity index is 1140. The lowest BCUT2D eigenvalue weighted by Crippen LogP contribution is -2.13. The molecule has 1 N–H and O–H groups in total. The fourth-order valence-electron chi connectivity index (χ4n) is 2.78. The van der Waals surface area contributed by atoms with E-state index >= 15 is 0 Å². The van der Waals surface area contributed by atoms with Crippen LogP contribution in [0.5, 0.6) is 0 Å². The molecule has 0 radical (unpaired) electrons. The number of thiophene rings is 1. The van der Waals surface area contributed by atoms with Gasteiger partial charge in [-0.25, -0.2) is 4.98 Å². The molecule has 2 aromatic heterocycles. The Balaban J connectivity index is 1.83. The van der Waals surface area contributed by atoms with E-state index in [1.165, 1.54) is 11.3 Å². The van der Waals surface area contributed by atoms with E-state index in [-0.39, 0.29) is 5.91 Å². The molecule has 0 aliphatic rings. The van der Waals surface area contributed by atoms with Crippen LogP contribution in [0.3, 0.4) is 0 Å². The van der Waals surface area contributed by atoms with Gasteiger partial charge in [0.1, 0.15) is 11.1 Å². The molecule has 0 saturated carbocycles. The first-order chi connectivity index (χ1) is 12.8. The quantitative estimate of drug-likeness (QED) is 0.557. The zero-order valence-corrected chi connectivity index (χ0v) is 14.5. The monoisotopic (exact) mass is 355 g/mol. The molecule has 5 heteroatoms. The molecule has 0 aliphatic heterocycles. The highest BCUT2D eigenvalue weighted by Gasteiger charge is 2.16. The van der Waals surface area contributed by atoms with Crippen LogP contribution < -0.4 is 5.32 Å². The Labute approximate surface area is 154 Å². The molecule has 0 saturated heterocycles. The van der Waals surface area contributed by atoms with Crippen LogP contribution in [0, 0.1) is 11.3 Å². The number of pyridine rings is 1. The Morgan fingerprint density at radius 2 is 1.81 bits per heavy atom. The summed E-state index contributed by atoms with van der Waals surface area (Å²) in [6.45, 7) is 0. The van der Waals surface area contributed by atoms with E-state index < -0.39 is 0 Å². The molecular weight excluding hydrogens is 342 g/mol. The molecule has 2 aromatic carbocycles. The van der Waals surface area contributed by atoms with Gasteiger partial charge < -0.3 is 5.32 Å². The van der Waals surface area contributed by atoms with Crippen molar-refractivity contribution in [3.8, 4) is 17.3 Å². The van der Waals surface area contributed by atoms with E-state index in [2.05, 4.69) is 16.4 Å². The number of amides is 1. The molecule has 0 bridgehead atoms. The number of nitrogens with zero attached hydrogens (tertiary/aromatic N) is 2. The van der Waals surface area contributed by atoms with Crippen LogP contribution in [0.15, 0.2) is 72.1 Å². The third kappa shape index (κ3) is 2.94. The molecule has 2 heterocycles. The van der Waals surface area contributed by atoms with Crippen molar-refractivity contribution in [3.63, 3.8) is 0 Å². The fraction of sp³-hybridized carbons (Fsp3) is 0. The van der Waals surface area contributed by atoms with Crippen molar-refractivity contribution in [2.75, 3.05) is 5.32 Å². The van der Waals surface area contributed by atoms with E-state index in [0.29, 0.717) is 16.1 Å². The number of carbonyl (C=O) groups excluding carboxylic acids is 1. The van der Waals surface area contributed by atoms with Gasteiger partial charge in [-0.2, -0.15) is 5.26 Å². The van der Waals surface area contributed by atoms with Crippen molar-refractivity contribution in [1.29, 1.82) is 5.26 Å². The van der Waals surface area contributed by atoms with Gasteiger partial charge in [0.25, 0.3) is 5.91 Å². The van der Waals surface area contributed by atoms with Crippen molar-refractivity contribution >= 4 is 33.1 Å². The van der Waals surface area contributed by atoms with Crippen LogP contribution in [-0.2, 0) is 0 Å². The average molecular weight is 355 g/mol. The summed E-state index contributed by atoms with van der Waals surface area (Å²) in [5, 5.41) is 15.1. The molecule has 1 amide bonds. The first-order valence-corrected chi connectivity index (χ1v) is 8.88. The third-order valence-electron chi connectivity index (χ3n) is 4.04. The molecular formula is C21H13N3OS. The van der Waals surface area contributed by atoms with Crippen LogP contribution in [-0.4, -0.2) is 10.9 Å². The number of anilines is 1. The summed E-state index contributed by atoms with van der Waals surface area (Å²) in [5.74, 6) is -0.250. The minimum Gasteiger partial charge on any atom is -0.312 e. The predicted molar refractivity (Wildman–Crippen MR) is 104 cm³/mol. The highest BCUT2D eigenvalue weighted by Crippen LogP contribution is 2.27. The molecule has 4 nitrogen and oxygen atoms in total. The maximum absolute atomic E-state index is 12.9. The summed E-state index contributed by atoms with van der Waals surface area (Å²) in [6.07, 6.45) is 0. The van der Waals surface area contributed by atoms with E-state index in [4.69, 9.17) is 5.26 Å². The Morgan fingerprint density at radius 1 is 1.04 bits per heavy atom. The van der Waals surface area contributed by atoms with E-state index in [1.54, 1.807) is 17.5 Å². The number of carbonyl (C=O) groups is 1. The number of nitriles is 1. The Hall–Kier alpha value is -3.49. The normalized spacial score (nSPS) is 10.4. The second-order valence-electron chi connectivity index (χ2n) is 5.67. The SMILES string of the molecule is N#Cc1ccsc1NC(=O)c1cc(-c2ccccc2)nc2ccccc12. The number of rotatable bonds is 3. The maximum Gasteiger partial charge on any atom is 0.257 e. The molecule has 0 spiro atoms. The van der Waals surface area contributed by atoms with Gasteiger partial charge in [0.15, 0.2) is 0 Å². The summed E-state index contributed by atoms with van der Waals surface area (Å²) in [4.78, 5) is 17.6. The van der Waals surface area contributed by atoms with E-state index in [0.717, 1.165) is 22.2 Å². The third-order valence-corrected chi connectivity index (χ3v) is 4.87. The van der Waals surface area contributed by atoms with Gasteiger partial charge in [-0.15, -0.1) is 11.3 Å². The van der Waals surface area contributed by atoms with Gasteiger partial charge in [-0.05, 0) is 23.6 Å². The molecule has 0 fully saturated rings. The summed E-state index contributed by atoms with van der Waals surface area (Å²) in [5.41, 5.74) is 3.43. The van der Waals surface area contributed by atoms with Crippen LogP contribution in [0.25, 0.3) is 22.2 Å². The first kappa shape index (κ1) is 16.0. The van der Waals surface area contributed by atoms with E-state index in [1.807, 2.05) is 54.6 Å². The molecule has 26 heavy (non-hydrogen) atoms. The number of aromatic nitrogens is 1.